The molecular formula is C14H25N3OS2. The standard InChI is InChI=1S/C14H25N3OS2/c1-5-15-8-12-11(9-18-4)16-13(20-12)17-6-7-19-14(2,3)10-17/h15H,5-10H2,1-4H3. The molecule has 1 aromatic rings. The van der Waals surface area contributed by atoms with Crippen molar-refractivity contribution in [3.63, 3.8) is 0 Å². The van der Waals surface area contributed by atoms with E-state index in [2.05, 4.69) is 42.7 Å². The van der Waals surface area contributed by atoms with Crippen LogP contribution in [0.25, 0.3) is 0 Å². The number of nitrogens with zero attached hydrogens (tertiary/aromatic N) is 2. The zero-order chi connectivity index (χ0) is 14.6. The Morgan fingerprint density at radius 3 is 2.90 bits per heavy atom. The van der Waals surface area contributed by atoms with Crippen LogP contribution in [0.1, 0.15) is 31.3 Å². The van der Waals surface area contributed by atoms with Gasteiger partial charge in [0.1, 0.15) is 0 Å². The third kappa shape index (κ3) is 4.10. The highest BCUT2D eigenvalue weighted by atomic mass is 32.2. The topological polar surface area (TPSA) is 37.4 Å². The third-order valence-electron chi connectivity index (χ3n) is 3.28. The third-order valence-corrected chi connectivity index (χ3v) is 5.74. The molecule has 0 bridgehead atoms. The first-order chi connectivity index (χ1) is 9.55. The SMILES string of the molecule is CCNCc1sc(N2CCSC(C)(C)C2)nc1COC. The molecule has 1 aromatic heterocycles. The molecular weight excluding hydrogens is 290 g/mol. The van der Waals surface area contributed by atoms with Crippen LogP contribution in [0.3, 0.4) is 0 Å². The molecule has 0 amide bonds. The molecule has 1 aliphatic rings. The average molecular weight is 316 g/mol. The fourth-order valence-corrected chi connectivity index (χ4v) is 4.48. The van der Waals surface area contributed by atoms with E-state index < -0.39 is 0 Å². The zero-order valence-corrected chi connectivity index (χ0v) is 14.5. The Kier molecular flexibility index (Phi) is 5.72. The molecule has 0 aromatic carbocycles. The van der Waals surface area contributed by atoms with E-state index in [1.807, 2.05) is 11.3 Å². The summed E-state index contributed by atoms with van der Waals surface area (Å²) in [6, 6.07) is 0. The monoisotopic (exact) mass is 315 g/mol. The van der Waals surface area contributed by atoms with Crippen LogP contribution in [0.15, 0.2) is 0 Å². The Bertz CT molecular complexity index is 434. The summed E-state index contributed by atoms with van der Waals surface area (Å²) in [7, 11) is 1.73. The van der Waals surface area contributed by atoms with Gasteiger partial charge in [-0.2, -0.15) is 11.8 Å². The summed E-state index contributed by atoms with van der Waals surface area (Å²) < 4.78 is 5.60. The minimum Gasteiger partial charge on any atom is -0.378 e. The van der Waals surface area contributed by atoms with Crippen LogP contribution in [0.4, 0.5) is 5.13 Å². The Morgan fingerprint density at radius 2 is 2.25 bits per heavy atom. The second-order valence-electron chi connectivity index (χ2n) is 5.61. The molecule has 1 N–H and O–H groups in total. The van der Waals surface area contributed by atoms with Gasteiger partial charge in [-0.25, -0.2) is 4.98 Å². The van der Waals surface area contributed by atoms with Crippen LogP contribution in [-0.2, 0) is 17.9 Å². The van der Waals surface area contributed by atoms with Gasteiger partial charge in [-0.3, -0.25) is 0 Å². The molecule has 0 unspecified atom stereocenters. The van der Waals surface area contributed by atoms with Gasteiger partial charge in [0.25, 0.3) is 0 Å². The molecule has 0 spiro atoms. The van der Waals surface area contributed by atoms with Gasteiger partial charge in [-0.15, -0.1) is 11.3 Å². The van der Waals surface area contributed by atoms with E-state index in [9.17, 15) is 0 Å². The number of thiazole rings is 1. The van der Waals surface area contributed by atoms with Crippen molar-refractivity contribution in [1.82, 2.24) is 10.3 Å². The van der Waals surface area contributed by atoms with Gasteiger partial charge in [-0.05, 0) is 20.4 Å². The maximum atomic E-state index is 5.28. The molecule has 1 saturated heterocycles. The van der Waals surface area contributed by atoms with E-state index in [1.165, 1.54) is 10.6 Å². The van der Waals surface area contributed by atoms with E-state index in [4.69, 9.17) is 9.72 Å². The number of hydrogen-bond donors (Lipinski definition) is 1. The van der Waals surface area contributed by atoms with Gasteiger partial charge in [-0.1, -0.05) is 6.92 Å². The van der Waals surface area contributed by atoms with Crippen molar-refractivity contribution >= 4 is 28.2 Å². The van der Waals surface area contributed by atoms with Crippen LogP contribution in [-0.4, -0.2) is 42.2 Å². The van der Waals surface area contributed by atoms with Crippen molar-refractivity contribution in [1.29, 1.82) is 0 Å². The summed E-state index contributed by atoms with van der Waals surface area (Å²) >= 11 is 3.86. The lowest BCUT2D eigenvalue weighted by molar-refractivity contribution is 0.181. The molecule has 4 nitrogen and oxygen atoms in total. The number of aromatic nitrogens is 1. The van der Waals surface area contributed by atoms with E-state index in [-0.39, 0.29) is 0 Å². The number of thioether (sulfide) groups is 1. The molecule has 6 heteroatoms. The van der Waals surface area contributed by atoms with Gasteiger partial charge in [0.05, 0.1) is 12.3 Å². The number of ether oxygens (including phenoxy) is 1. The predicted molar refractivity (Wildman–Crippen MR) is 89.0 cm³/mol. The Hall–Kier alpha value is -0.300. The highest BCUT2D eigenvalue weighted by molar-refractivity contribution is 8.00. The quantitative estimate of drug-likeness (QED) is 0.873. The van der Waals surface area contributed by atoms with Crippen molar-refractivity contribution in [2.45, 2.75) is 38.7 Å². The van der Waals surface area contributed by atoms with Gasteiger partial charge in [0.15, 0.2) is 5.13 Å². The number of methoxy groups -OCH3 is 1. The number of nitrogens with one attached hydrogen (secondary N) is 1. The van der Waals surface area contributed by atoms with Crippen molar-refractivity contribution < 1.29 is 4.74 Å². The highest BCUT2D eigenvalue weighted by Gasteiger charge is 2.29. The molecule has 1 fully saturated rings. The minimum absolute atomic E-state index is 0.313. The first-order valence-corrected chi connectivity index (χ1v) is 8.93. The van der Waals surface area contributed by atoms with Gasteiger partial charge >= 0.3 is 0 Å². The summed E-state index contributed by atoms with van der Waals surface area (Å²) in [5.74, 6) is 1.18. The maximum Gasteiger partial charge on any atom is 0.185 e. The van der Waals surface area contributed by atoms with Crippen LogP contribution >= 0.6 is 23.1 Å². The summed E-state index contributed by atoms with van der Waals surface area (Å²) in [5.41, 5.74) is 1.09. The number of hydrogen-bond acceptors (Lipinski definition) is 6. The first kappa shape index (κ1) is 16.1. The van der Waals surface area contributed by atoms with E-state index in [0.29, 0.717) is 11.4 Å². The molecule has 0 atom stereocenters. The molecule has 0 aliphatic carbocycles. The van der Waals surface area contributed by atoms with Gasteiger partial charge in [0.2, 0.25) is 0 Å². The zero-order valence-electron chi connectivity index (χ0n) is 12.9. The van der Waals surface area contributed by atoms with Crippen molar-refractivity contribution in [2.24, 2.45) is 0 Å². The lowest BCUT2D eigenvalue weighted by Crippen LogP contribution is -2.43. The first-order valence-electron chi connectivity index (χ1n) is 7.13. The lowest BCUT2D eigenvalue weighted by atomic mass is 10.2. The Morgan fingerprint density at radius 1 is 1.45 bits per heavy atom. The second-order valence-corrected chi connectivity index (χ2v) is 8.47. The fraction of sp³-hybridized carbons (Fsp3) is 0.786. The van der Waals surface area contributed by atoms with Gasteiger partial charge < -0.3 is 15.0 Å². The Labute approximate surface area is 130 Å². The smallest absolute Gasteiger partial charge is 0.185 e. The number of anilines is 1. The summed E-state index contributed by atoms with van der Waals surface area (Å²) in [4.78, 5) is 8.54. The number of rotatable bonds is 6. The largest absolute Gasteiger partial charge is 0.378 e. The average Bonchev–Trinajstić information content (AvgIpc) is 2.79. The van der Waals surface area contributed by atoms with E-state index in [1.54, 1.807) is 7.11 Å². The predicted octanol–water partition coefficient (Wildman–Crippen LogP) is 2.73. The van der Waals surface area contributed by atoms with E-state index >= 15 is 0 Å². The van der Waals surface area contributed by atoms with Crippen LogP contribution < -0.4 is 10.2 Å². The van der Waals surface area contributed by atoms with Crippen molar-refractivity contribution in [2.75, 3.05) is 37.4 Å². The molecule has 114 valence electrons. The molecule has 20 heavy (non-hydrogen) atoms. The molecule has 1 aliphatic heterocycles. The summed E-state index contributed by atoms with van der Waals surface area (Å²) in [5, 5.41) is 4.54. The summed E-state index contributed by atoms with van der Waals surface area (Å²) in [6.45, 7) is 11.4. The van der Waals surface area contributed by atoms with Crippen LogP contribution in [0.5, 0.6) is 0 Å². The maximum absolute atomic E-state index is 5.28. The fourth-order valence-electron chi connectivity index (χ4n) is 2.31. The van der Waals surface area contributed by atoms with E-state index in [0.717, 1.165) is 37.0 Å². The lowest BCUT2D eigenvalue weighted by Gasteiger charge is -2.37. The molecule has 2 heterocycles. The van der Waals surface area contributed by atoms with Crippen LogP contribution in [0.2, 0.25) is 0 Å². The molecule has 0 saturated carbocycles. The second kappa shape index (κ2) is 7.11. The minimum atomic E-state index is 0.313. The van der Waals surface area contributed by atoms with Crippen LogP contribution in [0, 0.1) is 0 Å². The highest BCUT2D eigenvalue weighted by Crippen LogP contribution is 2.35. The van der Waals surface area contributed by atoms with Crippen molar-refractivity contribution in [3.05, 3.63) is 10.6 Å². The normalized spacial score (nSPS) is 18.5. The summed E-state index contributed by atoms with van der Waals surface area (Å²) in [6.07, 6.45) is 0. The Balaban J connectivity index is 2.14. The van der Waals surface area contributed by atoms with Gasteiger partial charge in [0, 0.05) is 42.1 Å². The molecule has 0 radical (unpaired) electrons. The van der Waals surface area contributed by atoms with Crippen molar-refractivity contribution in [3.8, 4) is 0 Å². The molecule has 2 rings (SSSR count).